The van der Waals surface area contributed by atoms with Crippen LogP contribution in [0, 0.1) is 12.8 Å². The molecule has 0 aliphatic rings. The summed E-state index contributed by atoms with van der Waals surface area (Å²) in [5.74, 6) is -1.32. The molecule has 0 radical (unpaired) electrons. The summed E-state index contributed by atoms with van der Waals surface area (Å²) in [4.78, 5) is 10.8. The van der Waals surface area contributed by atoms with Crippen LogP contribution in [0.2, 0.25) is 0 Å². The van der Waals surface area contributed by atoms with E-state index in [0.29, 0.717) is 12.1 Å². The number of hydrogen-bond donors (Lipinski definition) is 2. The number of hydrogen-bond acceptors (Lipinski definition) is 4. The fraction of sp³-hybridized carbons (Fsp3) is 0.267. The highest BCUT2D eigenvalue weighted by molar-refractivity contribution is 7.94. The maximum absolute atomic E-state index is 12.2. The maximum Gasteiger partial charge on any atom is 0.306 e. The van der Waals surface area contributed by atoms with Crippen LogP contribution in [-0.2, 0) is 21.2 Å². The highest BCUT2D eigenvalue weighted by atomic mass is 32.2. The highest BCUT2D eigenvalue weighted by Crippen LogP contribution is 2.23. The molecule has 0 aliphatic heterocycles. The number of sulfonamides is 1. The summed E-state index contributed by atoms with van der Waals surface area (Å²) in [6.45, 7) is 3.48. The van der Waals surface area contributed by atoms with E-state index in [4.69, 9.17) is 5.11 Å². The second-order valence-corrected chi connectivity index (χ2v) is 8.01. The zero-order valence-corrected chi connectivity index (χ0v) is 13.9. The number of carboxylic acids is 1. The van der Waals surface area contributed by atoms with Crippen LogP contribution >= 0.6 is 11.3 Å². The summed E-state index contributed by atoms with van der Waals surface area (Å²) >= 11 is 1.17. The molecule has 1 aromatic heterocycles. The van der Waals surface area contributed by atoms with Gasteiger partial charge in [0.15, 0.2) is 0 Å². The van der Waals surface area contributed by atoms with Crippen LogP contribution in [0.4, 0.5) is 5.69 Å². The monoisotopic (exact) mass is 339 g/mol. The summed E-state index contributed by atoms with van der Waals surface area (Å²) in [5.41, 5.74) is 2.21. The van der Waals surface area contributed by atoms with Crippen LogP contribution in [0.1, 0.15) is 18.1 Å². The van der Waals surface area contributed by atoms with Gasteiger partial charge in [0.25, 0.3) is 10.0 Å². The van der Waals surface area contributed by atoms with Crippen molar-refractivity contribution in [3.05, 3.63) is 46.8 Å². The third-order valence-corrected chi connectivity index (χ3v) is 6.08. The number of aryl methyl sites for hydroxylation is 1. The van der Waals surface area contributed by atoms with Crippen molar-refractivity contribution in [2.75, 3.05) is 4.72 Å². The summed E-state index contributed by atoms with van der Waals surface area (Å²) in [6, 6.07) is 8.37. The van der Waals surface area contributed by atoms with Crippen molar-refractivity contribution in [2.45, 2.75) is 24.5 Å². The molecule has 1 aromatic carbocycles. The van der Waals surface area contributed by atoms with Crippen LogP contribution in [0.3, 0.4) is 0 Å². The quantitative estimate of drug-likeness (QED) is 0.847. The van der Waals surface area contributed by atoms with Gasteiger partial charge in [0.2, 0.25) is 0 Å². The van der Waals surface area contributed by atoms with Crippen molar-refractivity contribution in [2.24, 2.45) is 5.92 Å². The Labute approximate surface area is 133 Å². The minimum absolute atomic E-state index is 0.272. The molecule has 0 spiro atoms. The van der Waals surface area contributed by atoms with Crippen LogP contribution in [-0.4, -0.2) is 19.5 Å². The Morgan fingerprint density at radius 2 is 1.95 bits per heavy atom. The smallest absolute Gasteiger partial charge is 0.306 e. The average molecular weight is 339 g/mol. The predicted octanol–water partition coefficient (Wildman–Crippen LogP) is 3.12. The summed E-state index contributed by atoms with van der Waals surface area (Å²) < 4.78 is 27.2. The molecule has 7 heteroatoms. The zero-order chi connectivity index (χ0) is 16.3. The lowest BCUT2D eigenvalue weighted by Gasteiger charge is -2.09. The second kappa shape index (κ2) is 6.50. The van der Waals surface area contributed by atoms with Crippen molar-refractivity contribution in [1.82, 2.24) is 0 Å². The van der Waals surface area contributed by atoms with Crippen molar-refractivity contribution in [3.8, 4) is 0 Å². The molecule has 118 valence electrons. The van der Waals surface area contributed by atoms with E-state index in [-0.39, 0.29) is 4.21 Å². The van der Waals surface area contributed by atoms with Gasteiger partial charge >= 0.3 is 5.97 Å². The predicted molar refractivity (Wildman–Crippen MR) is 86.8 cm³/mol. The molecule has 22 heavy (non-hydrogen) atoms. The van der Waals surface area contributed by atoms with Crippen molar-refractivity contribution in [1.29, 1.82) is 0 Å². The van der Waals surface area contributed by atoms with Gasteiger partial charge in [0.1, 0.15) is 4.21 Å². The normalized spacial score (nSPS) is 12.8. The molecule has 0 aliphatic carbocycles. The van der Waals surface area contributed by atoms with Gasteiger partial charge in [-0.15, -0.1) is 11.3 Å². The van der Waals surface area contributed by atoms with Crippen molar-refractivity contribution >= 4 is 33.0 Å². The molecule has 0 bridgehead atoms. The molecule has 2 aromatic rings. The van der Waals surface area contributed by atoms with E-state index in [1.165, 1.54) is 11.3 Å². The van der Waals surface area contributed by atoms with E-state index in [2.05, 4.69) is 4.72 Å². The lowest BCUT2D eigenvalue weighted by molar-refractivity contribution is -0.141. The number of carboxylic acid groups (broad SMARTS) is 1. The van der Waals surface area contributed by atoms with Gasteiger partial charge in [-0.1, -0.05) is 19.1 Å². The van der Waals surface area contributed by atoms with Gasteiger partial charge in [0.05, 0.1) is 5.92 Å². The first-order valence-electron chi connectivity index (χ1n) is 6.67. The van der Waals surface area contributed by atoms with E-state index in [1.54, 1.807) is 42.6 Å². The number of nitrogens with one attached hydrogen (secondary N) is 1. The summed E-state index contributed by atoms with van der Waals surface area (Å²) in [6.07, 6.45) is 0.409. The van der Waals surface area contributed by atoms with Gasteiger partial charge in [-0.25, -0.2) is 8.42 Å². The Balaban J connectivity index is 2.10. The first-order chi connectivity index (χ1) is 10.3. The lowest BCUT2D eigenvalue weighted by atomic mass is 10.0. The first kappa shape index (κ1) is 16.5. The molecule has 0 saturated carbocycles. The number of anilines is 1. The minimum Gasteiger partial charge on any atom is -0.481 e. The molecule has 0 fully saturated rings. The van der Waals surface area contributed by atoms with Gasteiger partial charge in [0, 0.05) is 5.69 Å². The van der Waals surface area contributed by atoms with E-state index in [0.717, 1.165) is 11.1 Å². The standard InChI is InChI=1S/C15H17NO4S2/c1-10-7-14(21-9-10)22(19,20)16-13-5-3-12(4-6-13)8-11(2)15(17)18/h3-7,9,11,16H,8H2,1-2H3,(H,17,18). The Morgan fingerprint density at radius 1 is 1.32 bits per heavy atom. The molecule has 2 rings (SSSR count). The molecule has 2 N–H and O–H groups in total. The number of rotatable bonds is 6. The lowest BCUT2D eigenvalue weighted by Crippen LogP contribution is -2.13. The summed E-state index contributed by atoms with van der Waals surface area (Å²) in [5, 5.41) is 10.7. The minimum atomic E-state index is -3.57. The number of benzene rings is 1. The molecule has 5 nitrogen and oxygen atoms in total. The zero-order valence-electron chi connectivity index (χ0n) is 12.2. The number of carbonyl (C=O) groups is 1. The van der Waals surface area contributed by atoms with Crippen LogP contribution < -0.4 is 4.72 Å². The van der Waals surface area contributed by atoms with Gasteiger partial charge in [-0.05, 0) is 48.1 Å². The SMILES string of the molecule is Cc1csc(S(=O)(=O)Nc2ccc(CC(C)C(=O)O)cc2)c1. The third-order valence-electron chi connectivity index (χ3n) is 3.14. The van der Waals surface area contributed by atoms with E-state index < -0.39 is 21.9 Å². The second-order valence-electron chi connectivity index (χ2n) is 5.19. The molecule has 1 heterocycles. The molecule has 0 amide bonds. The van der Waals surface area contributed by atoms with Crippen molar-refractivity contribution < 1.29 is 18.3 Å². The number of aliphatic carboxylic acids is 1. The Morgan fingerprint density at radius 3 is 2.45 bits per heavy atom. The van der Waals surface area contributed by atoms with Gasteiger partial charge in [-0.2, -0.15) is 0 Å². The van der Waals surface area contributed by atoms with Crippen LogP contribution in [0.25, 0.3) is 0 Å². The topological polar surface area (TPSA) is 83.5 Å². The molecular weight excluding hydrogens is 322 g/mol. The fourth-order valence-corrected chi connectivity index (χ4v) is 4.19. The van der Waals surface area contributed by atoms with E-state index >= 15 is 0 Å². The largest absolute Gasteiger partial charge is 0.481 e. The first-order valence-corrected chi connectivity index (χ1v) is 9.04. The molecular formula is C15H17NO4S2. The highest BCUT2D eigenvalue weighted by Gasteiger charge is 2.16. The maximum atomic E-state index is 12.2. The fourth-order valence-electron chi connectivity index (χ4n) is 1.90. The van der Waals surface area contributed by atoms with E-state index in [1.807, 2.05) is 6.92 Å². The number of thiophene rings is 1. The Kier molecular flexibility index (Phi) is 4.87. The van der Waals surface area contributed by atoms with Crippen molar-refractivity contribution in [3.63, 3.8) is 0 Å². The average Bonchev–Trinajstić information content (AvgIpc) is 2.88. The third kappa shape index (κ3) is 4.08. The van der Waals surface area contributed by atoms with Crippen LogP contribution in [0.5, 0.6) is 0 Å². The van der Waals surface area contributed by atoms with Gasteiger partial charge < -0.3 is 5.11 Å². The van der Waals surface area contributed by atoms with Crippen LogP contribution in [0.15, 0.2) is 39.9 Å². The Bertz CT molecular complexity index is 763. The molecule has 1 atom stereocenters. The van der Waals surface area contributed by atoms with E-state index in [9.17, 15) is 13.2 Å². The summed E-state index contributed by atoms with van der Waals surface area (Å²) in [7, 11) is -3.57. The Hall–Kier alpha value is -1.86. The molecule has 0 saturated heterocycles. The van der Waals surface area contributed by atoms with Gasteiger partial charge in [-0.3, -0.25) is 9.52 Å². The molecule has 1 unspecified atom stereocenters.